The maximum absolute atomic E-state index is 10.1. The third-order valence-electron chi connectivity index (χ3n) is 4.67. The lowest BCUT2D eigenvalue weighted by molar-refractivity contribution is 0.105. The summed E-state index contributed by atoms with van der Waals surface area (Å²) in [5.41, 5.74) is 0.941. The molecule has 0 saturated carbocycles. The van der Waals surface area contributed by atoms with Crippen LogP contribution < -0.4 is 4.90 Å². The van der Waals surface area contributed by atoms with Gasteiger partial charge < -0.3 is 14.5 Å². The highest BCUT2D eigenvalue weighted by molar-refractivity contribution is 6.30. The van der Waals surface area contributed by atoms with Crippen molar-refractivity contribution in [1.29, 1.82) is 0 Å². The van der Waals surface area contributed by atoms with Crippen molar-refractivity contribution < 1.29 is 9.63 Å². The summed E-state index contributed by atoms with van der Waals surface area (Å²) in [6.07, 6.45) is 2.75. The van der Waals surface area contributed by atoms with E-state index in [0.29, 0.717) is 18.4 Å². The Morgan fingerprint density at radius 1 is 1.42 bits per heavy atom. The molecule has 0 amide bonds. The van der Waals surface area contributed by atoms with Gasteiger partial charge in [-0.2, -0.15) is 4.98 Å². The second-order valence-electron chi connectivity index (χ2n) is 7.08. The molecule has 2 aromatic rings. The number of benzene rings is 1. The summed E-state index contributed by atoms with van der Waals surface area (Å²) < 4.78 is 5.33. The number of hydrogen-bond acceptors (Lipinski definition) is 5. The predicted molar refractivity (Wildman–Crippen MR) is 94.5 cm³/mol. The molecule has 6 heteroatoms. The number of aliphatic hydroxyl groups excluding tert-OH is 1. The number of hydrogen-bond donors (Lipinski definition) is 1. The summed E-state index contributed by atoms with van der Waals surface area (Å²) in [6, 6.07) is 7.87. The van der Waals surface area contributed by atoms with Gasteiger partial charge in [0.25, 0.3) is 5.95 Å². The number of rotatable bonds is 5. The minimum absolute atomic E-state index is 0.130. The lowest BCUT2D eigenvalue weighted by Gasteiger charge is -2.41. The summed E-state index contributed by atoms with van der Waals surface area (Å²) in [7, 11) is 0. The highest BCUT2D eigenvalue weighted by Gasteiger charge is 2.36. The van der Waals surface area contributed by atoms with Crippen molar-refractivity contribution in [3.63, 3.8) is 0 Å². The van der Waals surface area contributed by atoms with E-state index in [2.05, 4.69) is 21.1 Å². The minimum atomic E-state index is -0.207. The van der Waals surface area contributed by atoms with Crippen LogP contribution in [-0.4, -0.2) is 34.9 Å². The normalized spacial score (nSPS) is 21.5. The average Bonchev–Trinajstić information content (AvgIpc) is 3.05. The van der Waals surface area contributed by atoms with E-state index < -0.39 is 0 Å². The van der Waals surface area contributed by atoms with E-state index in [0.717, 1.165) is 36.4 Å². The topological polar surface area (TPSA) is 62.4 Å². The number of aliphatic hydroxyl groups is 1. The van der Waals surface area contributed by atoms with Gasteiger partial charge >= 0.3 is 0 Å². The molecule has 1 fully saturated rings. The largest absolute Gasteiger partial charge is 0.396 e. The van der Waals surface area contributed by atoms with E-state index in [1.807, 2.05) is 32.0 Å². The number of aromatic nitrogens is 2. The molecule has 1 aliphatic rings. The van der Waals surface area contributed by atoms with Gasteiger partial charge in [0.1, 0.15) is 0 Å². The second kappa shape index (κ2) is 7.11. The Morgan fingerprint density at radius 3 is 2.92 bits per heavy atom. The molecule has 0 spiro atoms. The Labute approximate surface area is 147 Å². The molecule has 2 heterocycles. The molecular formula is C18H24ClN3O2. The van der Waals surface area contributed by atoms with E-state index in [9.17, 15) is 5.11 Å². The fourth-order valence-corrected chi connectivity index (χ4v) is 3.59. The van der Waals surface area contributed by atoms with Crippen LogP contribution in [0, 0.1) is 5.41 Å². The van der Waals surface area contributed by atoms with Gasteiger partial charge in [0.15, 0.2) is 0 Å². The van der Waals surface area contributed by atoms with Gasteiger partial charge in [-0.3, -0.25) is 0 Å². The third kappa shape index (κ3) is 3.73. The van der Waals surface area contributed by atoms with Crippen molar-refractivity contribution in [3.05, 3.63) is 40.7 Å². The summed E-state index contributed by atoms with van der Waals surface area (Å²) in [6.45, 7) is 5.79. The van der Waals surface area contributed by atoms with Crippen LogP contribution in [-0.2, 0) is 6.42 Å². The smallest absolute Gasteiger partial charge is 0.266 e. The molecule has 1 atom stereocenters. The van der Waals surface area contributed by atoms with Crippen molar-refractivity contribution in [3.8, 4) is 0 Å². The van der Waals surface area contributed by atoms with Crippen LogP contribution in [0.15, 0.2) is 28.8 Å². The standard InChI is InChI=1S/C18H24ClN3O2/c1-13(2)16-20-17(21-24-16)22-8-4-7-18(11-22,12-23)10-14-5-3-6-15(19)9-14/h3,5-6,9,13,23H,4,7-8,10-12H2,1-2H3/t18-/m1/s1. The highest BCUT2D eigenvalue weighted by Crippen LogP contribution is 2.35. The van der Waals surface area contributed by atoms with Crippen LogP contribution >= 0.6 is 11.6 Å². The zero-order valence-corrected chi connectivity index (χ0v) is 15.0. The molecule has 24 heavy (non-hydrogen) atoms. The van der Waals surface area contributed by atoms with Gasteiger partial charge in [-0.25, -0.2) is 0 Å². The van der Waals surface area contributed by atoms with Gasteiger partial charge in [0.05, 0.1) is 6.61 Å². The fourth-order valence-electron chi connectivity index (χ4n) is 3.38. The van der Waals surface area contributed by atoms with E-state index in [1.165, 1.54) is 0 Å². The molecule has 0 bridgehead atoms. The predicted octanol–water partition coefficient (Wildman–Crippen LogP) is 3.67. The molecular weight excluding hydrogens is 326 g/mol. The summed E-state index contributed by atoms with van der Waals surface area (Å²) in [5.74, 6) is 1.49. The Hall–Kier alpha value is -1.59. The first-order valence-corrected chi connectivity index (χ1v) is 8.83. The first kappa shape index (κ1) is 17.2. The first-order valence-electron chi connectivity index (χ1n) is 8.45. The Morgan fingerprint density at radius 2 is 2.25 bits per heavy atom. The van der Waals surface area contributed by atoms with Crippen molar-refractivity contribution in [2.24, 2.45) is 5.41 Å². The molecule has 1 N–H and O–H groups in total. The summed E-state index contributed by atoms with van der Waals surface area (Å²) >= 11 is 6.10. The van der Waals surface area contributed by atoms with Crippen LogP contribution in [0.1, 0.15) is 44.1 Å². The van der Waals surface area contributed by atoms with E-state index in [4.69, 9.17) is 16.1 Å². The summed E-state index contributed by atoms with van der Waals surface area (Å²) in [5, 5.41) is 15.0. The van der Waals surface area contributed by atoms with E-state index in [-0.39, 0.29) is 17.9 Å². The van der Waals surface area contributed by atoms with Crippen LogP contribution in [0.25, 0.3) is 0 Å². The van der Waals surface area contributed by atoms with Gasteiger partial charge in [-0.05, 0) is 42.1 Å². The molecule has 0 aliphatic carbocycles. The van der Waals surface area contributed by atoms with Crippen LogP contribution in [0.5, 0.6) is 0 Å². The quantitative estimate of drug-likeness (QED) is 0.892. The number of halogens is 1. The average molecular weight is 350 g/mol. The van der Waals surface area contributed by atoms with Crippen molar-refractivity contribution >= 4 is 17.5 Å². The molecule has 0 radical (unpaired) electrons. The Kier molecular flexibility index (Phi) is 5.11. The van der Waals surface area contributed by atoms with E-state index >= 15 is 0 Å². The molecule has 3 rings (SSSR count). The highest BCUT2D eigenvalue weighted by atomic mass is 35.5. The first-order chi connectivity index (χ1) is 11.5. The molecule has 1 saturated heterocycles. The number of anilines is 1. The maximum atomic E-state index is 10.1. The zero-order chi connectivity index (χ0) is 17.2. The van der Waals surface area contributed by atoms with Gasteiger partial charge in [0, 0.05) is 29.4 Å². The Balaban J connectivity index is 1.78. The molecule has 1 aromatic carbocycles. The molecule has 130 valence electrons. The SMILES string of the molecule is CC(C)c1nc(N2CCC[C@@](CO)(Cc3cccc(Cl)c3)C2)no1. The van der Waals surface area contributed by atoms with Crippen molar-refractivity contribution in [1.82, 2.24) is 10.1 Å². The molecule has 1 aliphatic heterocycles. The number of nitrogens with zero attached hydrogens (tertiary/aromatic N) is 3. The van der Waals surface area contributed by atoms with Crippen molar-refractivity contribution in [2.45, 2.75) is 39.0 Å². The monoisotopic (exact) mass is 349 g/mol. The zero-order valence-electron chi connectivity index (χ0n) is 14.2. The van der Waals surface area contributed by atoms with Crippen molar-refractivity contribution in [2.75, 3.05) is 24.6 Å². The Bertz CT molecular complexity index is 688. The lowest BCUT2D eigenvalue weighted by Crippen LogP contribution is -2.47. The van der Waals surface area contributed by atoms with Gasteiger partial charge in [-0.15, -0.1) is 0 Å². The number of piperidine rings is 1. The summed E-state index contributed by atoms with van der Waals surface area (Å²) in [4.78, 5) is 6.62. The molecule has 1 aromatic heterocycles. The van der Waals surface area contributed by atoms with Crippen LogP contribution in [0.2, 0.25) is 5.02 Å². The van der Waals surface area contributed by atoms with Gasteiger partial charge in [-0.1, -0.05) is 37.6 Å². The molecule has 5 nitrogen and oxygen atoms in total. The molecule has 0 unspecified atom stereocenters. The minimum Gasteiger partial charge on any atom is -0.396 e. The second-order valence-corrected chi connectivity index (χ2v) is 7.51. The van der Waals surface area contributed by atoms with E-state index in [1.54, 1.807) is 0 Å². The fraction of sp³-hybridized carbons (Fsp3) is 0.556. The maximum Gasteiger partial charge on any atom is 0.266 e. The lowest BCUT2D eigenvalue weighted by atomic mass is 9.76. The van der Waals surface area contributed by atoms with Crippen LogP contribution in [0.3, 0.4) is 0 Å². The third-order valence-corrected chi connectivity index (χ3v) is 4.91. The van der Waals surface area contributed by atoms with Crippen LogP contribution in [0.4, 0.5) is 5.95 Å². The van der Waals surface area contributed by atoms with Gasteiger partial charge in [0.2, 0.25) is 5.89 Å².